The fraction of sp³-hybridized carbons (Fsp3) is 0.700. The van der Waals surface area contributed by atoms with Crippen LogP contribution in [-0.2, 0) is 21.8 Å². The number of hydrogen-bond donors (Lipinski definition) is 2. The molecule has 1 aliphatic heterocycles. The van der Waals surface area contributed by atoms with Gasteiger partial charge in [-0.1, -0.05) is 0 Å². The number of nitrogens with one attached hydrogen (secondary N) is 1. The fourth-order valence-corrected chi connectivity index (χ4v) is 3.30. The van der Waals surface area contributed by atoms with E-state index >= 15 is 0 Å². The highest BCUT2D eigenvalue weighted by Crippen LogP contribution is 2.16. The molecule has 3 N–H and O–H groups in total. The second-order valence-corrected chi connectivity index (χ2v) is 6.07. The molecule has 0 bridgehead atoms. The van der Waals surface area contributed by atoms with E-state index < -0.39 is 10.0 Å². The van der Waals surface area contributed by atoms with Gasteiger partial charge in [0.25, 0.3) is 10.0 Å². The summed E-state index contributed by atoms with van der Waals surface area (Å²) in [6.45, 7) is 0.965. The molecule has 0 aliphatic carbocycles. The van der Waals surface area contributed by atoms with Crippen LogP contribution in [-0.4, -0.2) is 37.2 Å². The van der Waals surface area contributed by atoms with Gasteiger partial charge in [0.2, 0.25) is 0 Å². The first-order valence-corrected chi connectivity index (χ1v) is 7.37. The maximum Gasteiger partial charge on any atom is 0.260 e. The Balaban J connectivity index is 2.03. The van der Waals surface area contributed by atoms with Crippen LogP contribution in [0.4, 0.5) is 5.82 Å². The standard InChI is InChI=1S/C10H18N4O3S/c1-14-7-12-9(11)10(14)18(15,16)13-6-8-4-2-3-5-17-8/h7-8,13H,2-6,11H2,1H3. The number of hydrogen-bond acceptors (Lipinski definition) is 5. The van der Waals surface area contributed by atoms with Gasteiger partial charge in [-0.25, -0.2) is 18.1 Å². The zero-order chi connectivity index (χ0) is 13.2. The van der Waals surface area contributed by atoms with Crippen molar-refractivity contribution in [1.29, 1.82) is 0 Å². The van der Waals surface area contributed by atoms with E-state index in [4.69, 9.17) is 10.5 Å². The van der Waals surface area contributed by atoms with Crippen molar-refractivity contribution in [2.45, 2.75) is 30.4 Å². The molecule has 1 saturated heterocycles. The molecule has 2 rings (SSSR count). The third-order valence-electron chi connectivity index (χ3n) is 2.94. The summed E-state index contributed by atoms with van der Waals surface area (Å²) in [7, 11) is -2.04. The third-order valence-corrected chi connectivity index (χ3v) is 4.49. The van der Waals surface area contributed by atoms with Gasteiger partial charge in [-0.05, 0) is 19.3 Å². The third kappa shape index (κ3) is 2.82. The summed E-state index contributed by atoms with van der Waals surface area (Å²) in [5.74, 6) is 0.00885. The minimum absolute atomic E-state index is 0.00157. The first kappa shape index (κ1) is 13.3. The number of imidazole rings is 1. The van der Waals surface area contributed by atoms with Crippen LogP contribution in [0, 0.1) is 0 Å². The Morgan fingerprint density at radius 1 is 1.61 bits per heavy atom. The first-order chi connectivity index (χ1) is 8.50. The van der Waals surface area contributed by atoms with Gasteiger partial charge >= 0.3 is 0 Å². The van der Waals surface area contributed by atoms with Crippen LogP contribution in [0.3, 0.4) is 0 Å². The number of rotatable bonds is 4. The summed E-state index contributed by atoms with van der Waals surface area (Å²) in [5, 5.41) is -0.00157. The molecule has 102 valence electrons. The maximum atomic E-state index is 12.1. The highest BCUT2D eigenvalue weighted by Gasteiger charge is 2.24. The second-order valence-electron chi connectivity index (χ2n) is 4.39. The Hall–Kier alpha value is -1.12. The molecule has 1 fully saturated rings. The van der Waals surface area contributed by atoms with Crippen molar-refractivity contribution in [3.8, 4) is 0 Å². The molecule has 7 nitrogen and oxygen atoms in total. The van der Waals surface area contributed by atoms with Crippen LogP contribution in [0.1, 0.15) is 19.3 Å². The van der Waals surface area contributed by atoms with Gasteiger partial charge < -0.3 is 15.0 Å². The van der Waals surface area contributed by atoms with E-state index in [1.54, 1.807) is 7.05 Å². The summed E-state index contributed by atoms with van der Waals surface area (Å²) in [4.78, 5) is 3.77. The molecule has 0 amide bonds. The highest BCUT2D eigenvalue weighted by atomic mass is 32.2. The van der Waals surface area contributed by atoms with Gasteiger partial charge in [0.05, 0.1) is 12.4 Å². The summed E-state index contributed by atoms with van der Waals surface area (Å²) in [6, 6.07) is 0. The number of sulfonamides is 1. The molecule has 0 radical (unpaired) electrons. The molecule has 0 saturated carbocycles. The number of anilines is 1. The minimum atomic E-state index is -3.63. The van der Waals surface area contributed by atoms with E-state index in [1.807, 2.05) is 0 Å². The van der Waals surface area contributed by atoms with Crippen molar-refractivity contribution in [2.75, 3.05) is 18.9 Å². The number of ether oxygens (including phenoxy) is 1. The Bertz CT molecular complexity index is 486. The largest absolute Gasteiger partial charge is 0.381 e. The molecule has 1 unspecified atom stereocenters. The number of nitrogens with zero attached hydrogens (tertiary/aromatic N) is 2. The average Bonchev–Trinajstić information content (AvgIpc) is 2.69. The van der Waals surface area contributed by atoms with Crippen molar-refractivity contribution in [3.63, 3.8) is 0 Å². The van der Waals surface area contributed by atoms with Crippen LogP contribution in [0.5, 0.6) is 0 Å². The molecular formula is C10H18N4O3S. The lowest BCUT2D eigenvalue weighted by molar-refractivity contribution is 0.0200. The van der Waals surface area contributed by atoms with E-state index in [9.17, 15) is 8.42 Å². The van der Waals surface area contributed by atoms with Gasteiger partial charge in [-0.2, -0.15) is 0 Å². The van der Waals surface area contributed by atoms with Crippen molar-refractivity contribution in [3.05, 3.63) is 6.33 Å². The maximum absolute atomic E-state index is 12.1. The predicted molar refractivity (Wildman–Crippen MR) is 66.4 cm³/mol. The number of nitrogens with two attached hydrogens (primary N) is 1. The number of nitrogen functional groups attached to an aromatic ring is 1. The minimum Gasteiger partial charge on any atom is -0.381 e. The van der Waals surface area contributed by atoms with Crippen molar-refractivity contribution in [1.82, 2.24) is 14.3 Å². The van der Waals surface area contributed by atoms with Gasteiger partial charge in [0, 0.05) is 20.2 Å². The molecule has 18 heavy (non-hydrogen) atoms. The molecule has 8 heteroatoms. The number of aromatic nitrogens is 2. The van der Waals surface area contributed by atoms with E-state index in [1.165, 1.54) is 10.9 Å². The Labute approximate surface area is 106 Å². The summed E-state index contributed by atoms with van der Waals surface area (Å²) < 4.78 is 33.5. The van der Waals surface area contributed by atoms with Gasteiger partial charge in [0.15, 0.2) is 10.8 Å². The van der Waals surface area contributed by atoms with Gasteiger partial charge in [-0.15, -0.1) is 0 Å². The Morgan fingerprint density at radius 3 is 2.94 bits per heavy atom. The van der Waals surface area contributed by atoms with Gasteiger partial charge in [0.1, 0.15) is 0 Å². The zero-order valence-electron chi connectivity index (χ0n) is 10.3. The van der Waals surface area contributed by atoms with E-state index in [2.05, 4.69) is 9.71 Å². The zero-order valence-corrected chi connectivity index (χ0v) is 11.1. The van der Waals surface area contributed by atoms with Crippen molar-refractivity contribution in [2.24, 2.45) is 7.05 Å². The predicted octanol–water partition coefficient (Wildman–Crippen LogP) is -0.150. The Kier molecular flexibility index (Phi) is 3.88. The smallest absolute Gasteiger partial charge is 0.260 e. The number of aryl methyl sites for hydroxylation is 1. The van der Waals surface area contributed by atoms with E-state index in [0.29, 0.717) is 6.61 Å². The summed E-state index contributed by atoms with van der Waals surface area (Å²) >= 11 is 0. The van der Waals surface area contributed by atoms with Crippen molar-refractivity contribution < 1.29 is 13.2 Å². The molecule has 1 aliphatic rings. The molecule has 2 heterocycles. The van der Waals surface area contributed by atoms with Crippen LogP contribution >= 0.6 is 0 Å². The topological polar surface area (TPSA) is 99.2 Å². The van der Waals surface area contributed by atoms with Gasteiger partial charge in [-0.3, -0.25) is 0 Å². The van der Waals surface area contributed by atoms with Crippen LogP contribution < -0.4 is 10.5 Å². The first-order valence-electron chi connectivity index (χ1n) is 5.89. The molecule has 1 aromatic rings. The monoisotopic (exact) mass is 274 g/mol. The molecule has 0 spiro atoms. The quantitative estimate of drug-likeness (QED) is 0.795. The lowest BCUT2D eigenvalue weighted by atomic mass is 10.1. The van der Waals surface area contributed by atoms with E-state index in [0.717, 1.165) is 19.3 Å². The SMILES string of the molecule is Cn1cnc(N)c1S(=O)(=O)NCC1CCCCO1. The highest BCUT2D eigenvalue weighted by molar-refractivity contribution is 7.89. The fourth-order valence-electron chi connectivity index (χ4n) is 2.00. The van der Waals surface area contributed by atoms with Crippen LogP contribution in [0.15, 0.2) is 11.4 Å². The molecular weight excluding hydrogens is 256 g/mol. The van der Waals surface area contributed by atoms with Crippen LogP contribution in [0.2, 0.25) is 0 Å². The molecule has 0 aromatic carbocycles. The molecule has 1 atom stereocenters. The Morgan fingerprint density at radius 2 is 2.39 bits per heavy atom. The summed E-state index contributed by atoms with van der Waals surface area (Å²) in [5.41, 5.74) is 5.55. The normalized spacial score (nSPS) is 21.1. The van der Waals surface area contributed by atoms with E-state index in [-0.39, 0.29) is 23.5 Å². The van der Waals surface area contributed by atoms with Crippen molar-refractivity contribution >= 4 is 15.8 Å². The molecule has 1 aromatic heterocycles. The second kappa shape index (κ2) is 5.25. The summed E-state index contributed by atoms with van der Waals surface area (Å²) in [6.07, 6.45) is 4.31. The lowest BCUT2D eigenvalue weighted by Gasteiger charge is -2.22. The lowest BCUT2D eigenvalue weighted by Crippen LogP contribution is -2.36. The average molecular weight is 274 g/mol. The van der Waals surface area contributed by atoms with Crippen LogP contribution in [0.25, 0.3) is 0 Å².